The van der Waals surface area contributed by atoms with Crippen molar-refractivity contribution in [2.24, 2.45) is 5.41 Å². The lowest BCUT2D eigenvalue weighted by molar-refractivity contribution is -0.153. The molecule has 2 amide bonds. The monoisotopic (exact) mass is 604 g/mol. The van der Waals surface area contributed by atoms with E-state index in [0.29, 0.717) is 18.2 Å². The highest BCUT2D eigenvalue weighted by Gasteiger charge is 2.34. The van der Waals surface area contributed by atoms with Crippen molar-refractivity contribution >= 4 is 29.5 Å². The van der Waals surface area contributed by atoms with Gasteiger partial charge in [-0.2, -0.15) is 11.8 Å². The van der Waals surface area contributed by atoms with E-state index >= 15 is 0 Å². The van der Waals surface area contributed by atoms with Gasteiger partial charge in [0.1, 0.15) is 6.10 Å². The fraction of sp³-hybridized carbons (Fsp3) is 0.618. The maximum absolute atomic E-state index is 12.3. The minimum atomic E-state index is -1.36. The van der Waals surface area contributed by atoms with Gasteiger partial charge in [0.05, 0.1) is 6.61 Å². The van der Waals surface area contributed by atoms with Crippen molar-refractivity contribution in [1.82, 2.24) is 10.6 Å². The number of unbranched alkanes of at least 4 members (excludes halogenated alkanes) is 1. The molecule has 238 valence electrons. The molecule has 0 fully saturated rings. The van der Waals surface area contributed by atoms with Crippen LogP contribution in [0, 0.1) is 5.41 Å². The Morgan fingerprint density at radius 2 is 1.36 bits per heavy atom. The molecular weight excluding hydrogens is 548 g/mol. The number of aliphatic hydroxyl groups is 1. The standard InChI is InChI=1S/C34H56N2O5S/c1-6-7-8-9-10-11-12-13-14-15-16-17-18-19-20-21-22-23-31(38)41-28-34(4,5)32(39)33(40)36-25-24-30(37)35-26-27-42-29(2)3/h7-8,10-11,13-14,16-17,19-20,29,32,39H,6,9,12,15,18,21-28H2,1-5H3,(H,35,37)(H,36,40). The van der Waals surface area contributed by atoms with Gasteiger partial charge in [0.25, 0.3) is 0 Å². The van der Waals surface area contributed by atoms with Crippen molar-refractivity contribution in [3.05, 3.63) is 60.8 Å². The summed E-state index contributed by atoms with van der Waals surface area (Å²) in [7, 11) is 0. The van der Waals surface area contributed by atoms with E-state index < -0.39 is 17.4 Å². The topological polar surface area (TPSA) is 105 Å². The molecule has 7 nitrogen and oxygen atoms in total. The molecule has 1 unspecified atom stereocenters. The first kappa shape index (κ1) is 39.4. The Hall–Kier alpha value is -2.58. The highest BCUT2D eigenvalue weighted by atomic mass is 32.2. The first-order valence-electron chi connectivity index (χ1n) is 15.3. The van der Waals surface area contributed by atoms with Crippen molar-refractivity contribution in [3.63, 3.8) is 0 Å². The van der Waals surface area contributed by atoms with Crippen molar-refractivity contribution < 1.29 is 24.2 Å². The van der Waals surface area contributed by atoms with E-state index in [2.05, 4.69) is 92.2 Å². The SMILES string of the molecule is CCC=CCC=CCC=CCC=CCC=CCCCC(=O)OCC(C)(C)C(O)C(=O)NCCC(=O)NCCSC(C)C. The molecule has 42 heavy (non-hydrogen) atoms. The van der Waals surface area contributed by atoms with Crippen molar-refractivity contribution in [2.75, 3.05) is 25.4 Å². The van der Waals surface area contributed by atoms with Gasteiger partial charge < -0.3 is 20.5 Å². The van der Waals surface area contributed by atoms with Crippen LogP contribution in [0.15, 0.2) is 60.8 Å². The van der Waals surface area contributed by atoms with E-state index in [1.807, 2.05) is 0 Å². The summed E-state index contributed by atoms with van der Waals surface area (Å²) in [5.74, 6) is -0.245. The number of allylic oxidation sites excluding steroid dienone is 10. The van der Waals surface area contributed by atoms with E-state index in [4.69, 9.17) is 4.74 Å². The third kappa shape index (κ3) is 24.1. The average molecular weight is 605 g/mol. The number of carbonyl (C=O) groups excluding carboxylic acids is 3. The van der Waals surface area contributed by atoms with Crippen molar-refractivity contribution in [1.29, 1.82) is 0 Å². The van der Waals surface area contributed by atoms with Gasteiger partial charge in [0.15, 0.2) is 0 Å². The summed E-state index contributed by atoms with van der Waals surface area (Å²) in [4.78, 5) is 36.3. The molecule has 3 N–H and O–H groups in total. The molecule has 0 radical (unpaired) electrons. The lowest BCUT2D eigenvalue weighted by Gasteiger charge is -2.29. The molecule has 0 saturated carbocycles. The number of aliphatic hydroxyl groups excluding tert-OH is 1. The number of hydrogen-bond acceptors (Lipinski definition) is 6. The van der Waals surface area contributed by atoms with Crippen LogP contribution in [-0.4, -0.2) is 59.7 Å². The smallest absolute Gasteiger partial charge is 0.305 e. The lowest BCUT2D eigenvalue weighted by Crippen LogP contribution is -2.47. The van der Waals surface area contributed by atoms with Gasteiger partial charge in [-0.1, -0.05) is 95.4 Å². The van der Waals surface area contributed by atoms with Gasteiger partial charge in [-0.05, 0) is 50.2 Å². The molecule has 0 bridgehead atoms. The fourth-order valence-corrected chi connectivity index (χ4v) is 4.17. The number of rotatable bonds is 24. The van der Waals surface area contributed by atoms with E-state index in [0.717, 1.165) is 44.3 Å². The first-order chi connectivity index (χ1) is 20.1. The Balaban J connectivity index is 3.99. The highest BCUT2D eigenvalue weighted by molar-refractivity contribution is 7.99. The Kier molecular flexibility index (Phi) is 24.5. The van der Waals surface area contributed by atoms with E-state index in [1.165, 1.54) is 0 Å². The summed E-state index contributed by atoms with van der Waals surface area (Å²) in [5, 5.41) is 16.4. The van der Waals surface area contributed by atoms with E-state index in [9.17, 15) is 19.5 Å². The second-order valence-electron chi connectivity index (χ2n) is 11.0. The van der Waals surface area contributed by atoms with Gasteiger partial charge in [0.2, 0.25) is 11.8 Å². The zero-order valence-corrected chi connectivity index (χ0v) is 27.4. The number of nitrogens with one attached hydrogen (secondary N) is 2. The van der Waals surface area contributed by atoms with E-state index in [-0.39, 0.29) is 37.9 Å². The third-order valence-electron chi connectivity index (χ3n) is 6.03. The van der Waals surface area contributed by atoms with Crippen LogP contribution < -0.4 is 10.6 Å². The Bertz CT molecular complexity index is 890. The maximum atomic E-state index is 12.3. The molecule has 0 aromatic carbocycles. The van der Waals surface area contributed by atoms with Crippen LogP contribution in [0.1, 0.15) is 92.4 Å². The zero-order chi connectivity index (χ0) is 31.5. The Morgan fingerprint density at radius 1 is 0.810 bits per heavy atom. The van der Waals surface area contributed by atoms with Crippen LogP contribution in [0.3, 0.4) is 0 Å². The van der Waals surface area contributed by atoms with Crippen LogP contribution in [0.4, 0.5) is 0 Å². The largest absolute Gasteiger partial charge is 0.465 e. The number of carbonyl (C=O) groups is 3. The predicted molar refractivity (Wildman–Crippen MR) is 177 cm³/mol. The highest BCUT2D eigenvalue weighted by Crippen LogP contribution is 2.22. The summed E-state index contributed by atoms with van der Waals surface area (Å²) in [6, 6.07) is 0. The second kappa shape index (κ2) is 26.1. The number of amides is 2. The third-order valence-corrected chi connectivity index (χ3v) is 7.14. The summed E-state index contributed by atoms with van der Waals surface area (Å²) < 4.78 is 5.33. The summed E-state index contributed by atoms with van der Waals surface area (Å²) >= 11 is 1.77. The molecule has 8 heteroatoms. The quantitative estimate of drug-likeness (QED) is 0.0651. The van der Waals surface area contributed by atoms with Gasteiger partial charge in [0, 0.05) is 37.1 Å². The molecule has 0 aromatic heterocycles. The molecule has 0 aliphatic rings. The number of thioether (sulfide) groups is 1. The molecule has 1 atom stereocenters. The minimum absolute atomic E-state index is 0.0733. The maximum Gasteiger partial charge on any atom is 0.305 e. The Labute approximate surface area is 259 Å². The average Bonchev–Trinajstić information content (AvgIpc) is 2.95. The van der Waals surface area contributed by atoms with Crippen LogP contribution >= 0.6 is 11.8 Å². The Morgan fingerprint density at radius 3 is 1.90 bits per heavy atom. The first-order valence-corrected chi connectivity index (χ1v) is 16.4. The summed E-state index contributed by atoms with van der Waals surface area (Å²) in [6.45, 7) is 10.3. The lowest BCUT2D eigenvalue weighted by atomic mass is 9.87. The molecule has 0 aromatic rings. The van der Waals surface area contributed by atoms with Crippen LogP contribution in [0.25, 0.3) is 0 Å². The summed E-state index contributed by atoms with van der Waals surface area (Å²) in [6.07, 6.45) is 26.8. The minimum Gasteiger partial charge on any atom is -0.465 e. The van der Waals surface area contributed by atoms with Crippen molar-refractivity contribution in [3.8, 4) is 0 Å². The van der Waals surface area contributed by atoms with Gasteiger partial charge in [-0.25, -0.2) is 0 Å². The van der Waals surface area contributed by atoms with Gasteiger partial charge >= 0.3 is 5.97 Å². The van der Waals surface area contributed by atoms with Crippen LogP contribution in [0.2, 0.25) is 0 Å². The number of esters is 1. The predicted octanol–water partition coefficient (Wildman–Crippen LogP) is 6.60. The fourth-order valence-electron chi connectivity index (χ4n) is 3.47. The van der Waals surface area contributed by atoms with Gasteiger partial charge in [-0.15, -0.1) is 0 Å². The molecule has 0 saturated heterocycles. The number of hydrogen-bond donors (Lipinski definition) is 3. The zero-order valence-electron chi connectivity index (χ0n) is 26.6. The second-order valence-corrected chi connectivity index (χ2v) is 12.6. The molecule has 0 spiro atoms. The van der Waals surface area contributed by atoms with Crippen LogP contribution in [-0.2, 0) is 19.1 Å². The van der Waals surface area contributed by atoms with Crippen molar-refractivity contribution in [2.45, 2.75) is 104 Å². The molecule has 0 rings (SSSR count). The molecule has 0 aliphatic carbocycles. The van der Waals surface area contributed by atoms with Crippen LogP contribution in [0.5, 0.6) is 0 Å². The van der Waals surface area contributed by atoms with Gasteiger partial charge in [-0.3, -0.25) is 14.4 Å². The number of ether oxygens (including phenoxy) is 1. The normalized spacial score (nSPS) is 13.3. The molecule has 0 aliphatic heterocycles. The van der Waals surface area contributed by atoms with E-state index in [1.54, 1.807) is 25.6 Å². The molecular formula is C34H56N2O5S. The molecule has 0 heterocycles. The summed E-state index contributed by atoms with van der Waals surface area (Å²) in [5.41, 5.74) is -0.958.